The van der Waals surface area contributed by atoms with E-state index in [0.29, 0.717) is 38.8 Å². The molecule has 174 valence electrons. The topological polar surface area (TPSA) is 85.0 Å². The maximum Gasteiger partial charge on any atom is 0.416 e. The van der Waals surface area contributed by atoms with E-state index < -0.39 is 23.7 Å². The predicted octanol–water partition coefficient (Wildman–Crippen LogP) is 1.28. The van der Waals surface area contributed by atoms with Gasteiger partial charge in [-0.15, -0.1) is 0 Å². The number of halogens is 3. The molecule has 2 aliphatic heterocycles. The second kappa shape index (κ2) is 8.70. The molecule has 1 saturated carbocycles. The fourth-order valence-corrected chi connectivity index (χ4v) is 4.06. The van der Waals surface area contributed by atoms with Crippen LogP contribution in [0.2, 0.25) is 0 Å². The zero-order chi connectivity index (χ0) is 23.0. The standard InChI is InChI=1S/C21H26F3N5O3/c1-13(28-8-6-27(7-9-28)11-18(30)25-15-3-4-15)20(32)29-12-19(31)26-16-10-14(21(22,23)24)2-5-17(16)29/h2,5,10,13,15H,3-4,6-9,11-12H2,1H3,(H,25,30)(H,26,31)/t13-/m0/s1. The Balaban J connectivity index is 1.39. The second-order valence-electron chi connectivity index (χ2n) is 8.53. The Morgan fingerprint density at radius 3 is 2.50 bits per heavy atom. The van der Waals surface area contributed by atoms with Crippen LogP contribution in [0.3, 0.4) is 0 Å². The van der Waals surface area contributed by atoms with Crippen molar-refractivity contribution < 1.29 is 27.6 Å². The number of hydrogen-bond donors (Lipinski definition) is 2. The van der Waals surface area contributed by atoms with Crippen molar-refractivity contribution in [3.8, 4) is 0 Å². The van der Waals surface area contributed by atoms with E-state index in [1.54, 1.807) is 6.92 Å². The van der Waals surface area contributed by atoms with E-state index in [4.69, 9.17) is 0 Å². The van der Waals surface area contributed by atoms with Gasteiger partial charge in [-0.05, 0) is 38.0 Å². The molecule has 0 bridgehead atoms. The molecule has 1 aliphatic carbocycles. The molecule has 1 saturated heterocycles. The lowest BCUT2D eigenvalue weighted by Crippen LogP contribution is -2.57. The quantitative estimate of drug-likeness (QED) is 0.702. The molecule has 2 N–H and O–H groups in total. The van der Waals surface area contributed by atoms with Crippen molar-refractivity contribution in [2.24, 2.45) is 0 Å². The summed E-state index contributed by atoms with van der Waals surface area (Å²) in [4.78, 5) is 42.5. The molecule has 8 nitrogen and oxygen atoms in total. The molecule has 1 aromatic carbocycles. The summed E-state index contributed by atoms with van der Waals surface area (Å²) in [5.74, 6) is -0.871. The average Bonchev–Trinajstić information content (AvgIpc) is 3.55. The molecule has 0 unspecified atom stereocenters. The number of fused-ring (bicyclic) bond motifs is 1. The molecule has 0 aromatic heterocycles. The van der Waals surface area contributed by atoms with Crippen LogP contribution in [0, 0.1) is 0 Å². The predicted molar refractivity (Wildman–Crippen MR) is 111 cm³/mol. The van der Waals surface area contributed by atoms with Crippen LogP contribution in [0.5, 0.6) is 0 Å². The minimum Gasteiger partial charge on any atom is -0.352 e. The van der Waals surface area contributed by atoms with E-state index >= 15 is 0 Å². The van der Waals surface area contributed by atoms with Gasteiger partial charge in [-0.1, -0.05) is 0 Å². The highest BCUT2D eigenvalue weighted by molar-refractivity contribution is 6.11. The lowest BCUT2D eigenvalue weighted by atomic mass is 10.1. The van der Waals surface area contributed by atoms with Gasteiger partial charge in [0, 0.05) is 32.2 Å². The number of piperazine rings is 1. The maximum atomic E-state index is 13.2. The third-order valence-corrected chi connectivity index (χ3v) is 6.08. The average molecular weight is 453 g/mol. The molecule has 1 aromatic rings. The van der Waals surface area contributed by atoms with Crippen molar-refractivity contribution in [1.82, 2.24) is 15.1 Å². The van der Waals surface area contributed by atoms with Crippen LogP contribution < -0.4 is 15.5 Å². The van der Waals surface area contributed by atoms with Crippen LogP contribution in [0.25, 0.3) is 0 Å². The van der Waals surface area contributed by atoms with Gasteiger partial charge in [0.2, 0.25) is 17.7 Å². The van der Waals surface area contributed by atoms with Gasteiger partial charge in [0.25, 0.3) is 0 Å². The lowest BCUT2D eigenvalue weighted by molar-refractivity contribution is -0.137. The minimum atomic E-state index is -4.55. The monoisotopic (exact) mass is 453 g/mol. The second-order valence-corrected chi connectivity index (χ2v) is 8.53. The Labute approximate surface area is 183 Å². The third kappa shape index (κ3) is 5.04. The minimum absolute atomic E-state index is 0.0132. The van der Waals surface area contributed by atoms with Gasteiger partial charge >= 0.3 is 6.18 Å². The van der Waals surface area contributed by atoms with E-state index in [1.807, 2.05) is 9.80 Å². The first-order chi connectivity index (χ1) is 15.1. The van der Waals surface area contributed by atoms with Crippen molar-refractivity contribution in [1.29, 1.82) is 0 Å². The zero-order valence-corrected chi connectivity index (χ0v) is 17.7. The van der Waals surface area contributed by atoms with Gasteiger partial charge in [0.15, 0.2) is 0 Å². The van der Waals surface area contributed by atoms with Gasteiger partial charge in [-0.2, -0.15) is 13.2 Å². The molecule has 2 heterocycles. The van der Waals surface area contributed by atoms with Crippen molar-refractivity contribution in [2.45, 2.75) is 38.0 Å². The summed E-state index contributed by atoms with van der Waals surface area (Å²) in [6.07, 6.45) is -2.48. The number of nitrogens with zero attached hydrogens (tertiary/aromatic N) is 3. The van der Waals surface area contributed by atoms with Gasteiger partial charge < -0.3 is 10.6 Å². The van der Waals surface area contributed by atoms with Gasteiger partial charge in [-0.25, -0.2) is 0 Å². The van der Waals surface area contributed by atoms with E-state index in [2.05, 4.69) is 10.6 Å². The van der Waals surface area contributed by atoms with E-state index in [9.17, 15) is 27.6 Å². The summed E-state index contributed by atoms with van der Waals surface area (Å²) in [6, 6.07) is 2.74. The molecule has 3 aliphatic rings. The fraction of sp³-hybridized carbons (Fsp3) is 0.571. The molecule has 32 heavy (non-hydrogen) atoms. The van der Waals surface area contributed by atoms with Crippen molar-refractivity contribution in [3.63, 3.8) is 0 Å². The Bertz CT molecular complexity index is 910. The molecule has 11 heteroatoms. The molecule has 2 fully saturated rings. The highest BCUT2D eigenvalue weighted by atomic mass is 19.4. The Morgan fingerprint density at radius 2 is 1.88 bits per heavy atom. The molecule has 0 radical (unpaired) electrons. The number of amides is 3. The van der Waals surface area contributed by atoms with Crippen molar-refractivity contribution >= 4 is 29.1 Å². The first-order valence-electron chi connectivity index (χ1n) is 10.7. The van der Waals surface area contributed by atoms with Gasteiger partial charge in [-0.3, -0.25) is 29.1 Å². The van der Waals surface area contributed by atoms with Crippen LogP contribution >= 0.6 is 0 Å². The summed E-state index contributed by atoms with van der Waals surface area (Å²) in [5, 5.41) is 5.39. The smallest absolute Gasteiger partial charge is 0.352 e. The largest absolute Gasteiger partial charge is 0.416 e. The number of nitrogens with one attached hydrogen (secondary N) is 2. The SMILES string of the molecule is C[C@@H](C(=O)N1CC(=O)Nc2cc(C(F)(F)F)ccc21)N1CCN(CC(=O)NC2CC2)CC1. The number of hydrogen-bond acceptors (Lipinski definition) is 5. The number of benzene rings is 1. The maximum absolute atomic E-state index is 13.2. The highest BCUT2D eigenvalue weighted by Gasteiger charge is 2.36. The molecular weight excluding hydrogens is 427 g/mol. The summed E-state index contributed by atoms with van der Waals surface area (Å²) in [7, 11) is 0. The molecular formula is C21H26F3N5O3. The third-order valence-electron chi connectivity index (χ3n) is 6.08. The zero-order valence-electron chi connectivity index (χ0n) is 17.7. The Hall–Kier alpha value is -2.66. The first-order valence-corrected chi connectivity index (χ1v) is 10.7. The lowest BCUT2D eigenvalue weighted by Gasteiger charge is -2.39. The molecule has 0 spiro atoms. The molecule has 3 amide bonds. The molecule has 1 atom stereocenters. The summed E-state index contributed by atoms with van der Waals surface area (Å²) in [5.41, 5.74) is -0.659. The van der Waals surface area contributed by atoms with Crippen LogP contribution in [0.1, 0.15) is 25.3 Å². The van der Waals surface area contributed by atoms with Gasteiger partial charge in [0.05, 0.1) is 29.5 Å². The Morgan fingerprint density at radius 1 is 1.19 bits per heavy atom. The van der Waals surface area contributed by atoms with Crippen LogP contribution in [-0.4, -0.2) is 78.9 Å². The summed E-state index contributed by atoms with van der Waals surface area (Å²) < 4.78 is 39.1. The van der Waals surface area contributed by atoms with Crippen LogP contribution in [0.15, 0.2) is 18.2 Å². The number of alkyl halides is 3. The number of anilines is 2. The number of rotatable bonds is 5. The fourth-order valence-electron chi connectivity index (χ4n) is 4.06. The summed E-state index contributed by atoms with van der Waals surface area (Å²) >= 11 is 0. The van der Waals surface area contributed by atoms with E-state index in [-0.39, 0.29) is 29.7 Å². The number of carbonyl (C=O) groups is 3. The first kappa shape index (κ1) is 22.5. The molecule has 4 rings (SSSR count). The normalized spacial score (nSPS) is 21.0. The van der Waals surface area contributed by atoms with Gasteiger partial charge in [0.1, 0.15) is 6.54 Å². The van der Waals surface area contributed by atoms with Crippen molar-refractivity contribution in [2.75, 3.05) is 49.5 Å². The van der Waals surface area contributed by atoms with E-state index in [0.717, 1.165) is 25.0 Å². The van der Waals surface area contributed by atoms with Crippen LogP contribution in [-0.2, 0) is 20.6 Å². The Kier molecular flexibility index (Phi) is 6.13. The van der Waals surface area contributed by atoms with Crippen LogP contribution in [0.4, 0.5) is 24.5 Å². The number of carbonyl (C=O) groups excluding carboxylic acids is 3. The summed E-state index contributed by atoms with van der Waals surface area (Å²) in [6.45, 7) is 4.21. The van der Waals surface area contributed by atoms with Crippen molar-refractivity contribution in [3.05, 3.63) is 23.8 Å². The van der Waals surface area contributed by atoms with E-state index in [1.165, 1.54) is 11.0 Å². The highest BCUT2D eigenvalue weighted by Crippen LogP contribution is 2.37.